The summed E-state index contributed by atoms with van der Waals surface area (Å²) in [5.74, 6) is 0. The summed E-state index contributed by atoms with van der Waals surface area (Å²) >= 11 is 5.96. The maximum Gasteiger partial charge on any atom is 0.0719 e. The summed E-state index contributed by atoms with van der Waals surface area (Å²) in [6.07, 6.45) is 3.50. The molecule has 0 radical (unpaired) electrons. The molecule has 0 atom stereocenters. The van der Waals surface area contributed by atoms with E-state index in [1.54, 1.807) is 6.20 Å². The third kappa shape index (κ3) is 3.75. The van der Waals surface area contributed by atoms with Crippen molar-refractivity contribution in [2.75, 3.05) is 19.3 Å². The van der Waals surface area contributed by atoms with Crippen molar-refractivity contribution in [2.24, 2.45) is 0 Å². The van der Waals surface area contributed by atoms with Crippen LogP contribution in [0.3, 0.4) is 0 Å². The fourth-order valence-electron chi connectivity index (χ4n) is 1.80. The molecule has 0 amide bonds. The number of aromatic nitrogens is 2. The Morgan fingerprint density at radius 3 is 2.94 bits per heavy atom. The van der Waals surface area contributed by atoms with Crippen LogP contribution in [0.15, 0.2) is 36.7 Å². The SMILES string of the molecule is CN(CCn1cc(N)cn1)Cc1cccc(Cl)c1. The van der Waals surface area contributed by atoms with E-state index in [-0.39, 0.29) is 0 Å². The van der Waals surface area contributed by atoms with Crippen LogP contribution in [0.1, 0.15) is 5.56 Å². The minimum absolute atomic E-state index is 0.701. The second-order valence-electron chi connectivity index (χ2n) is 4.40. The standard InChI is InChI=1S/C13H17ClN4/c1-17(5-6-18-10-13(15)8-16-18)9-11-3-2-4-12(14)7-11/h2-4,7-8,10H,5-6,9,15H2,1H3. The number of rotatable bonds is 5. The molecular formula is C13H17ClN4. The van der Waals surface area contributed by atoms with E-state index >= 15 is 0 Å². The predicted octanol–water partition coefficient (Wildman–Crippen LogP) is 2.25. The van der Waals surface area contributed by atoms with Crippen molar-refractivity contribution in [1.29, 1.82) is 0 Å². The van der Waals surface area contributed by atoms with Crippen molar-refractivity contribution in [1.82, 2.24) is 14.7 Å². The number of nitrogen functional groups attached to an aromatic ring is 1. The van der Waals surface area contributed by atoms with Crippen molar-refractivity contribution in [3.8, 4) is 0 Å². The summed E-state index contributed by atoms with van der Waals surface area (Å²) in [5, 5.41) is 4.93. The third-order valence-electron chi connectivity index (χ3n) is 2.71. The molecule has 0 spiro atoms. The minimum atomic E-state index is 0.701. The molecule has 0 aliphatic heterocycles. The molecule has 0 fully saturated rings. The van der Waals surface area contributed by atoms with E-state index in [0.29, 0.717) is 5.69 Å². The Hall–Kier alpha value is -1.52. The van der Waals surface area contributed by atoms with Crippen LogP contribution in [0.4, 0.5) is 5.69 Å². The molecule has 4 nitrogen and oxygen atoms in total. The van der Waals surface area contributed by atoms with Gasteiger partial charge >= 0.3 is 0 Å². The first kappa shape index (κ1) is 12.9. The van der Waals surface area contributed by atoms with Crippen LogP contribution < -0.4 is 5.73 Å². The molecule has 1 aromatic heterocycles. The number of nitrogens with zero attached hydrogens (tertiary/aromatic N) is 3. The zero-order valence-corrected chi connectivity index (χ0v) is 11.1. The van der Waals surface area contributed by atoms with Crippen LogP contribution in [0.2, 0.25) is 5.02 Å². The fourth-order valence-corrected chi connectivity index (χ4v) is 2.01. The molecule has 0 aliphatic rings. The van der Waals surface area contributed by atoms with Crippen LogP contribution in [0.25, 0.3) is 0 Å². The van der Waals surface area contributed by atoms with Crippen molar-refractivity contribution < 1.29 is 0 Å². The minimum Gasteiger partial charge on any atom is -0.396 e. The van der Waals surface area contributed by atoms with E-state index < -0.39 is 0 Å². The first-order valence-electron chi connectivity index (χ1n) is 5.84. The Kier molecular flexibility index (Phi) is 4.23. The topological polar surface area (TPSA) is 47.1 Å². The summed E-state index contributed by atoms with van der Waals surface area (Å²) in [6.45, 7) is 2.61. The number of benzene rings is 1. The van der Waals surface area contributed by atoms with Gasteiger partial charge in [-0.1, -0.05) is 23.7 Å². The normalized spacial score (nSPS) is 11.1. The highest BCUT2D eigenvalue weighted by Gasteiger charge is 2.02. The number of likely N-dealkylation sites (N-methyl/N-ethyl adjacent to an activating group) is 1. The summed E-state index contributed by atoms with van der Waals surface area (Å²) in [4.78, 5) is 2.23. The Bertz CT molecular complexity index is 509. The number of hydrogen-bond acceptors (Lipinski definition) is 3. The Labute approximate surface area is 112 Å². The van der Waals surface area contributed by atoms with Gasteiger partial charge in [0.25, 0.3) is 0 Å². The average molecular weight is 265 g/mol. The van der Waals surface area contributed by atoms with Gasteiger partial charge in [-0.2, -0.15) is 5.10 Å². The Morgan fingerprint density at radius 2 is 2.28 bits per heavy atom. The van der Waals surface area contributed by atoms with Crippen molar-refractivity contribution in [2.45, 2.75) is 13.1 Å². The van der Waals surface area contributed by atoms with E-state index in [0.717, 1.165) is 24.7 Å². The number of hydrogen-bond donors (Lipinski definition) is 1. The van der Waals surface area contributed by atoms with Gasteiger partial charge in [0.15, 0.2) is 0 Å². The van der Waals surface area contributed by atoms with Crippen LogP contribution in [0, 0.1) is 0 Å². The monoisotopic (exact) mass is 264 g/mol. The van der Waals surface area contributed by atoms with Gasteiger partial charge in [-0.15, -0.1) is 0 Å². The van der Waals surface area contributed by atoms with E-state index in [1.165, 1.54) is 5.56 Å². The number of anilines is 1. The van der Waals surface area contributed by atoms with Crippen LogP contribution >= 0.6 is 11.6 Å². The van der Waals surface area contributed by atoms with E-state index in [1.807, 2.05) is 29.1 Å². The van der Waals surface area contributed by atoms with Gasteiger partial charge in [0.2, 0.25) is 0 Å². The van der Waals surface area contributed by atoms with Crippen molar-refractivity contribution in [3.63, 3.8) is 0 Å². The highest BCUT2D eigenvalue weighted by molar-refractivity contribution is 6.30. The molecule has 5 heteroatoms. The fraction of sp³-hybridized carbons (Fsp3) is 0.308. The molecule has 0 saturated carbocycles. The molecule has 2 N–H and O–H groups in total. The van der Waals surface area contributed by atoms with Crippen LogP contribution in [-0.2, 0) is 13.1 Å². The molecule has 1 aromatic carbocycles. The van der Waals surface area contributed by atoms with Gasteiger partial charge in [0.05, 0.1) is 18.4 Å². The zero-order chi connectivity index (χ0) is 13.0. The summed E-state index contributed by atoms with van der Waals surface area (Å²) < 4.78 is 1.85. The molecular weight excluding hydrogens is 248 g/mol. The second kappa shape index (κ2) is 5.89. The lowest BCUT2D eigenvalue weighted by atomic mass is 10.2. The van der Waals surface area contributed by atoms with Gasteiger partial charge in [-0.25, -0.2) is 0 Å². The quantitative estimate of drug-likeness (QED) is 0.901. The summed E-state index contributed by atoms with van der Waals surface area (Å²) in [7, 11) is 2.08. The first-order chi connectivity index (χ1) is 8.63. The maximum atomic E-state index is 5.96. The van der Waals surface area contributed by atoms with Crippen LogP contribution in [0.5, 0.6) is 0 Å². The maximum absolute atomic E-state index is 5.96. The summed E-state index contributed by atoms with van der Waals surface area (Å²) in [5.41, 5.74) is 7.53. The van der Waals surface area contributed by atoms with Crippen molar-refractivity contribution >= 4 is 17.3 Å². The average Bonchev–Trinajstić information content (AvgIpc) is 2.73. The lowest BCUT2D eigenvalue weighted by Crippen LogP contribution is -2.23. The van der Waals surface area contributed by atoms with Gasteiger partial charge < -0.3 is 10.6 Å². The molecule has 18 heavy (non-hydrogen) atoms. The van der Waals surface area contributed by atoms with Gasteiger partial charge in [0, 0.05) is 24.3 Å². The molecule has 2 aromatic rings. The molecule has 2 rings (SSSR count). The van der Waals surface area contributed by atoms with Crippen molar-refractivity contribution in [3.05, 3.63) is 47.2 Å². The molecule has 0 saturated heterocycles. The Morgan fingerprint density at radius 1 is 1.44 bits per heavy atom. The lowest BCUT2D eigenvalue weighted by Gasteiger charge is -2.16. The highest BCUT2D eigenvalue weighted by atomic mass is 35.5. The molecule has 0 unspecified atom stereocenters. The lowest BCUT2D eigenvalue weighted by molar-refractivity contribution is 0.305. The largest absolute Gasteiger partial charge is 0.396 e. The van der Waals surface area contributed by atoms with E-state index in [4.69, 9.17) is 17.3 Å². The first-order valence-corrected chi connectivity index (χ1v) is 6.22. The summed E-state index contributed by atoms with van der Waals surface area (Å²) in [6, 6.07) is 7.93. The smallest absolute Gasteiger partial charge is 0.0719 e. The highest BCUT2D eigenvalue weighted by Crippen LogP contribution is 2.12. The van der Waals surface area contributed by atoms with Gasteiger partial charge in [-0.3, -0.25) is 4.68 Å². The second-order valence-corrected chi connectivity index (χ2v) is 4.84. The van der Waals surface area contributed by atoms with Gasteiger partial charge in [-0.05, 0) is 24.7 Å². The molecule has 0 aliphatic carbocycles. The molecule has 1 heterocycles. The van der Waals surface area contributed by atoms with Gasteiger partial charge in [0.1, 0.15) is 0 Å². The van der Waals surface area contributed by atoms with E-state index in [9.17, 15) is 0 Å². The predicted molar refractivity (Wildman–Crippen MR) is 74.4 cm³/mol. The Balaban J connectivity index is 1.83. The number of halogens is 1. The molecule has 96 valence electrons. The number of nitrogens with two attached hydrogens (primary N) is 1. The van der Waals surface area contributed by atoms with E-state index in [2.05, 4.69) is 23.1 Å². The molecule has 0 bridgehead atoms. The zero-order valence-electron chi connectivity index (χ0n) is 10.4. The third-order valence-corrected chi connectivity index (χ3v) is 2.94. The van der Waals surface area contributed by atoms with Crippen LogP contribution in [-0.4, -0.2) is 28.3 Å².